The van der Waals surface area contributed by atoms with Crippen molar-refractivity contribution in [3.05, 3.63) is 16.3 Å². The summed E-state index contributed by atoms with van der Waals surface area (Å²) in [6.07, 6.45) is 8.02. The minimum Gasteiger partial charge on any atom is -0.368 e. The van der Waals surface area contributed by atoms with E-state index in [2.05, 4.69) is 22.2 Å². The molecule has 7 heteroatoms. The molecule has 0 spiro atoms. The molecule has 110 valence electrons. The fraction of sp³-hybridized carbons (Fsp3) is 0.692. The molecule has 1 aromatic rings. The number of nitrogens with two attached hydrogens (primary N) is 1. The number of hydrogen-bond donors (Lipinski definition) is 2. The number of hydrogen-bond acceptors (Lipinski definition) is 6. The number of nitrogens with zero attached hydrogens (tertiary/aromatic N) is 3. The maximum atomic E-state index is 11.0. The molecule has 0 bridgehead atoms. The van der Waals surface area contributed by atoms with Crippen LogP contribution < -0.4 is 11.1 Å². The van der Waals surface area contributed by atoms with Crippen molar-refractivity contribution in [2.24, 2.45) is 5.92 Å². The highest BCUT2D eigenvalue weighted by atomic mass is 16.6. The molecule has 3 N–H and O–H groups in total. The molecule has 0 saturated heterocycles. The van der Waals surface area contributed by atoms with E-state index in [0.29, 0.717) is 0 Å². The van der Waals surface area contributed by atoms with E-state index in [1.54, 1.807) is 0 Å². The summed E-state index contributed by atoms with van der Waals surface area (Å²) in [4.78, 5) is 18.1. The minimum atomic E-state index is -0.482. The number of aromatic nitrogens is 2. The fourth-order valence-corrected chi connectivity index (χ4v) is 2.83. The summed E-state index contributed by atoms with van der Waals surface area (Å²) in [5.74, 6) is 1.09. The van der Waals surface area contributed by atoms with Crippen LogP contribution >= 0.6 is 0 Å². The van der Waals surface area contributed by atoms with Gasteiger partial charge in [0.1, 0.15) is 6.20 Å². The molecule has 0 aromatic carbocycles. The number of rotatable bonds is 5. The summed E-state index contributed by atoms with van der Waals surface area (Å²) in [6.45, 7) is 2.21. The van der Waals surface area contributed by atoms with E-state index in [0.717, 1.165) is 25.0 Å². The predicted octanol–water partition coefficient (Wildman–Crippen LogP) is 2.74. The van der Waals surface area contributed by atoms with Gasteiger partial charge in [0, 0.05) is 6.04 Å². The number of anilines is 2. The topological polar surface area (TPSA) is 107 Å². The van der Waals surface area contributed by atoms with E-state index < -0.39 is 4.92 Å². The summed E-state index contributed by atoms with van der Waals surface area (Å²) in [5, 5.41) is 14.1. The molecule has 0 aliphatic heterocycles. The fourth-order valence-electron chi connectivity index (χ4n) is 2.83. The SMILES string of the molecule is CCCC1CCC(Nc2nc(N)ncc2[N+](=O)[O-])CC1. The molecule has 1 aliphatic carbocycles. The maximum Gasteiger partial charge on any atom is 0.329 e. The third kappa shape index (κ3) is 3.55. The Bertz CT molecular complexity index is 472. The van der Waals surface area contributed by atoms with Crippen molar-refractivity contribution >= 4 is 17.5 Å². The van der Waals surface area contributed by atoms with Gasteiger partial charge in [-0.05, 0) is 31.6 Å². The van der Waals surface area contributed by atoms with Crippen LogP contribution in [-0.4, -0.2) is 20.9 Å². The largest absolute Gasteiger partial charge is 0.368 e. The standard InChI is InChI=1S/C13H21N5O2/c1-2-3-9-4-6-10(7-5-9)16-12-11(18(19)20)8-15-13(14)17-12/h8-10H,2-7H2,1H3,(H3,14,15,16,17). The van der Waals surface area contributed by atoms with Crippen LogP contribution in [0.5, 0.6) is 0 Å². The first-order valence-corrected chi connectivity index (χ1v) is 7.13. The first-order chi connectivity index (χ1) is 9.60. The third-order valence-electron chi connectivity index (χ3n) is 3.87. The second-order valence-corrected chi connectivity index (χ2v) is 5.37. The molecule has 0 radical (unpaired) electrons. The Kier molecular flexibility index (Phi) is 4.70. The highest BCUT2D eigenvalue weighted by Crippen LogP contribution is 2.31. The van der Waals surface area contributed by atoms with Crippen molar-refractivity contribution in [1.29, 1.82) is 0 Å². The van der Waals surface area contributed by atoms with Gasteiger partial charge in [-0.3, -0.25) is 10.1 Å². The highest BCUT2D eigenvalue weighted by Gasteiger charge is 2.24. The Morgan fingerprint density at radius 2 is 2.15 bits per heavy atom. The zero-order valence-electron chi connectivity index (χ0n) is 11.7. The quantitative estimate of drug-likeness (QED) is 0.634. The summed E-state index contributed by atoms with van der Waals surface area (Å²) in [6, 6.07) is 0.233. The second-order valence-electron chi connectivity index (χ2n) is 5.37. The Hall–Kier alpha value is -1.92. The Morgan fingerprint density at radius 1 is 1.45 bits per heavy atom. The van der Waals surface area contributed by atoms with Gasteiger partial charge in [-0.2, -0.15) is 4.98 Å². The smallest absolute Gasteiger partial charge is 0.329 e. The van der Waals surface area contributed by atoms with Gasteiger partial charge in [0.2, 0.25) is 11.8 Å². The van der Waals surface area contributed by atoms with Gasteiger partial charge in [0.05, 0.1) is 4.92 Å². The summed E-state index contributed by atoms with van der Waals surface area (Å²) >= 11 is 0. The van der Waals surface area contributed by atoms with Crippen LogP contribution in [0.1, 0.15) is 45.4 Å². The van der Waals surface area contributed by atoms with Crippen molar-refractivity contribution < 1.29 is 4.92 Å². The van der Waals surface area contributed by atoms with Gasteiger partial charge in [0.25, 0.3) is 0 Å². The van der Waals surface area contributed by atoms with Gasteiger partial charge >= 0.3 is 5.69 Å². The van der Waals surface area contributed by atoms with Crippen LogP contribution in [0.2, 0.25) is 0 Å². The maximum absolute atomic E-state index is 11.0. The lowest BCUT2D eigenvalue weighted by Crippen LogP contribution is -2.27. The number of nitrogen functional groups attached to an aromatic ring is 1. The number of nitro groups is 1. The van der Waals surface area contributed by atoms with Crippen LogP contribution in [0, 0.1) is 16.0 Å². The normalized spacial score (nSPS) is 22.4. The monoisotopic (exact) mass is 279 g/mol. The lowest BCUT2D eigenvalue weighted by molar-refractivity contribution is -0.384. The molecule has 0 atom stereocenters. The number of nitrogens with one attached hydrogen (secondary N) is 1. The van der Waals surface area contributed by atoms with E-state index in [1.165, 1.54) is 25.7 Å². The van der Waals surface area contributed by atoms with Crippen LogP contribution in [0.25, 0.3) is 0 Å². The van der Waals surface area contributed by atoms with Crippen molar-refractivity contribution in [1.82, 2.24) is 9.97 Å². The predicted molar refractivity (Wildman–Crippen MR) is 77.4 cm³/mol. The van der Waals surface area contributed by atoms with Crippen LogP contribution in [-0.2, 0) is 0 Å². The highest BCUT2D eigenvalue weighted by molar-refractivity contribution is 5.56. The van der Waals surface area contributed by atoms with Gasteiger partial charge in [-0.1, -0.05) is 19.8 Å². The van der Waals surface area contributed by atoms with E-state index in [9.17, 15) is 10.1 Å². The third-order valence-corrected chi connectivity index (χ3v) is 3.87. The lowest BCUT2D eigenvalue weighted by Gasteiger charge is -2.29. The van der Waals surface area contributed by atoms with Crippen molar-refractivity contribution in [3.8, 4) is 0 Å². The Morgan fingerprint density at radius 3 is 2.75 bits per heavy atom. The van der Waals surface area contributed by atoms with Gasteiger partial charge in [-0.15, -0.1) is 0 Å². The zero-order chi connectivity index (χ0) is 14.5. The van der Waals surface area contributed by atoms with Gasteiger partial charge in [-0.25, -0.2) is 4.98 Å². The molecule has 0 unspecified atom stereocenters. The van der Waals surface area contributed by atoms with Crippen molar-refractivity contribution in [2.45, 2.75) is 51.5 Å². The van der Waals surface area contributed by atoms with Crippen LogP contribution in [0.15, 0.2) is 6.20 Å². The molecular weight excluding hydrogens is 258 g/mol. The molecule has 2 rings (SSSR count). The molecule has 1 aromatic heterocycles. The van der Waals surface area contributed by atoms with Crippen LogP contribution in [0.4, 0.5) is 17.5 Å². The van der Waals surface area contributed by atoms with E-state index in [4.69, 9.17) is 5.73 Å². The molecule has 0 amide bonds. The average molecular weight is 279 g/mol. The van der Waals surface area contributed by atoms with E-state index >= 15 is 0 Å². The molecule has 1 heterocycles. The first-order valence-electron chi connectivity index (χ1n) is 7.13. The summed E-state index contributed by atoms with van der Waals surface area (Å²) in [5.41, 5.74) is 5.39. The van der Waals surface area contributed by atoms with Gasteiger partial charge in [0.15, 0.2) is 0 Å². The molecule has 20 heavy (non-hydrogen) atoms. The summed E-state index contributed by atoms with van der Waals surface area (Å²) < 4.78 is 0. The Labute approximate surface area is 118 Å². The minimum absolute atomic E-state index is 0.0535. The first kappa shape index (κ1) is 14.5. The average Bonchev–Trinajstić information content (AvgIpc) is 2.41. The summed E-state index contributed by atoms with van der Waals surface area (Å²) in [7, 11) is 0. The molecule has 1 fully saturated rings. The van der Waals surface area contributed by atoms with E-state index in [-0.39, 0.29) is 23.5 Å². The second kappa shape index (κ2) is 6.49. The van der Waals surface area contributed by atoms with E-state index in [1.807, 2.05) is 0 Å². The Balaban J connectivity index is 2.00. The van der Waals surface area contributed by atoms with Crippen molar-refractivity contribution in [3.63, 3.8) is 0 Å². The molecule has 1 saturated carbocycles. The molecule has 1 aliphatic rings. The van der Waals surface area contributed by atoms with Gasteiger partial charge < -0.3 is 11.1 Å². The lowest BCUT2D eigenvalue weighted by atomic mass is 9.83. The molecule has 7 nitrogen and oxygen atoms in total. The zero-order valence-corrected chi connectivity index (χ0v) is 11.7. The van der Waals surface area contributed by atoms with Crippen LogP contribution in [0.3, 0.4) is 0 Å². The van der Waals surface area contributed by atoms with Crippen molar-refractivity contribution in [2.75, 3.05) is 11.1 Å². The molecular formula is C13H21N5O2.